The van der Waals surface area contributed by atoms with Gasteiger partial charge in [-0.2, -0.15) is 0 Å². The Morgan fingerprint density at radius 3 is 2.21 bits per heavy atom. The highest BCUT2D eigenvalue weighted by Crippen LogP contribution is 2.28. The molecule has 1 heterocycles. The van der Waals surface area contributed by atoms with E-state index in [1.807, 2.05) is 66.7 Å². The molecule has 0 aliphatic carbocycles. The molecule has 3 nitrogen and oxygen atoms in total. The Kier molecular flexibility index (Phi) is 3.02. The lowest BCUT2D eigenvalue weighted by Crippen LogP contribution is -2.20. The van der Waals surface area contributed by atoms with Crippen LogP contribution in [-0.4, -0.2) is 6.02 Å². The van der Waals surface area contributed by atoms with E-state index in [-0.39, 0.29) is 12.1 Å². The lowest BCUT2D eigenvalue weighted by Gasteiger charge is -2.19. The zero-order chi connectivity index (χ0) is 13.1. The van der Waals surface area contributed by atoms with Crippen LogP contribution in [0.1, 0.15) is 17.2 Å². The van der Waals surface area contributed by atoms with Gasteiger partial charge >= 0.3 is 0 Å². The molecule has 2 N–H and O–H groups in total. The molecule has 0 fully saturated rings. The smallest absolute Gasteiger partial charge is 0.288 e. The Hall–Kier alpha value is -2.55. The SMILES string of the molecule is NC1=NC(c2ccccc2)C=C(c2ccccc2)O1. The first-order valence-corrected chi connectivity index (χ1v) is 6.16. The lowest BCUT2D eigenvalue weighted by atomic mass is 10.0. The lowest BCUT2D eigenvalue weighted by molar-refractivity contribution is 0.476. The largest absolute Gasteiger partial charge is 0.426 e. The van der Waals surface area contributed by atoms with E-state index in [2.05, 4.69) is 4.99 Å². The fourth-order valence-electron chi connectivity index (χ4n) is 2.07. The maximum atomic E-state index is 5.78. The summed E-state index contributed by atoms with van der Waals surface area (Å²) in [6, 6.07) is 20.0. The van der Waals surface area contributed by atoms with Crippen molar-refractivity contribution in [3.63, 3.8) is 0 Å². The van der Waals surface area contributed by atoms with Crippen molar-refractivity contribution in [3.05, 3.63) is 77.9 Å². The van der Waals surface area contributed by atoms with E-state index in [9.17, 15) is 0 Å². The van der Waals surface area contributed by atoms with Crippen LogP contribution >= 0.6 is 0 Å². The summed E-state index contributed by atoms with van der Waals surface area (Å²) in [7, 11) is 0. The molecule has 0 saturated carbocycles. The average Bonchev–Trinajstić information content (AvgIpc) is 2.48. The molecule has 0 bridgehead atoms. The third kappa shape index (κ3) is 2.50. The van der Waals surface area contributed by atoms with Crippen molar-refractivity contribution >= 4 is 11.8 Å². The van der Waals surface area contributed by atoms with Gasteiger partial charge in [-0.15, -0.1) is 0 Å². The van der Waals surface area contributed by atoms with E-state index in [4.69, 9.17) is 10.5 Å². The average molecular weight is 250 g/mol. The zero-order valence-corrected chi connectivity index (χ0v) is 10.4. The van der Waals surface area contributed by atoms with Gasteiger partial charge in [0.25, 0.3) is 6.02 Å². The molecule has 1 atom stereocenters. The van der Waals surface area contributed by atoms with E-state index in [1.54, 1.807) is 0 Å². The predicted molar refractivity (Wildman–Crippen MR) is 76.3 cm³/mol. The van der Waals surface area contributed by atoms with Gasteiger partial charge in [-0.3, -0.25) is 0 Å². The second-order valence-electron chi connectivity index (χ2n) is 4.32. The van der Waals surface area contributed by atoms with Gasteiger partial charge in [-0.1, -0.05) is 60.7 Å². The molecular weight excluding hydrogens is 236 g/mol. The van der Waals surface area contributed by atoms with Gasteiger partial charge in [0.1, 0.15) is 11.8 Å². The van der Waals surface area contributed by atoms with Crippen LogP contribution in [0.25, 0.3) is 5.76 Å². The van der Waals surface area contributed by atoms with Crippen LogP contribution in [-0.2, 0) is 4.74 Å². The summed E-state index contributed by atoms with van der Waals surface area (Å²) in [6.45, 7) is 0. The Morgan fingerprint density at radius 2 is 1.53 bits per heavy atom. The fraction of sp³-hybridized carbons (Fsp3) is 0.0625. The van der Waals surface area contributed by atoms with Crippen molar-refractivity contribution in [2.24, 2.45) is 10.7 Å². The number of hydrogen-bond donors (Lipinski definition) is 1. The standard InChI is InChI=1S/C16H14N2O/c17-16-18-14(12-7-3-1-4-8-12)11-15(19-16)13-9-5-2-6-10-13/h1-11,14H,(H2,17,18). The number of nitrogens with two attached hydrogens (primary N) is 1. The van der Waals surface area contributed by atoms with Gasteiger partial charge in [0.15, 0.2) is 0 Å². The summed E-state index contributed by atoms with van der Waals surface area (Å²) in [6.07, 6.45) is 1.99. The topological polar surface area (TPSA) is 47.6 Å². The van der Waals surface area contributed by atoms with Crippen molar-refractivity contribution in [1.82, 2.24) is 0 Å². The first-order chi connectivity index (χ1) is 9.33. The molecule has 0 aromatic heterocycles. The first-order valence-electron chi connectivity index (χ1n) is 6.16. The summed E-state index contributed by atoms with van der Waals surface area (Å²) in [5, 5.41) is 0. The molecule has 0 spiro atoms. The highest BCUT2D eigenvalue weighted by atomic mass is 16.5. The number of benzene rings is 2. The van der Waals surface area contributed by atoms with Crippen molar-refractivity contribution in [2.75, 3.05) is 0 Å². The molecule has 19 heavy (non-hydrogen) atoms. The summed E-state index contributed by atoms with van der Waals surface area (Å²) in [5.74, 6) is 0.752. The third-order valence-electron chi connectivity index (χ3n) is 2.99. The maximum absolute atomic E-state index is 5.78. The Morgan fingerprint density at radius 1 is 0.895 bits per heavy atom. The van der Waals surface area contributed by atoms with Crippen LogP contribution in [0, 0.1) is 0 Å². The molecule has 1 aliphatic rings. The van der Waals surface area contributed by atoms with Crippen LogP contribution in [0.3, 0.4) is 0 Å². The minimum Gasteiger partial charge on any atom is -0.426 e. The predicted octanol–water partition coefficient (Wildman–Crippen LogP) is 3.11. The number of amidine groups is 1. The molecule has 3 rings (SSSR count). The number of rotatable bonds is 2. The van der Waals surface area contributed by atoms with Crippen LogP contribution in [0.2, 0.25) is 0 Å². The van der Waals surface area contributed by atoms with Gasteiger partial charge in [0, 0.05) is 5.56 Å². The first kappa shape index (κ1) is 11.5. The number of nitrogens with zero attached hydrogens (tertiary/aromatic N) is 1. The second-order valence-corrected chi connectivity index (χ2v) is 4.32. The van der Waals surface area contributed by atoms with E-state index in [0.29, 0.717) is 0 Å². The van der Waals surface area contributed by atoms with E-state index in [0.717, 1.165) is 16.9 Å². The van der Waals surface area contributed by atoms with E-state index in [1.165, 1.54) is 0 Å². The Labute approximate surface area is 112 Å². The quantitative estimate of drug-likeness (QED) is 0.890. The third-order valence-corrected chi connectivity index (χ3v) is 2.99. The minimum absolute atomic E-state index is 0.0924. The van der Waals surface area contributed by atoms with Crippen LogP contribution in [0.4, 0.5) is 0 Å². The highest BCUT2D eigenvalue weighted by molar-refractivity contribution is 5.82. The van der Waals surface area contributed by atoms with Crippen molar-refractivity contribution in [2.45, 2.75) is 6.04 Å². The van der Waals surface area contributed by atoms with E-state index >= 15 is 0 Å². The van der Waals surface area contributed by atoms with Crippen LogP contribution in [0.15, 0.2) is 71.7 Å². The molecular formula is C16H14N2O. The highest BCUT2D eigenvalue weighted by Gasteiger charge is 2.17. The fourth-order valence-corrected chi connectivity index (χ4v) is 2.07. The number of ether oxygens (including phenoxy) is 1. The van der Waals surface area contributed by atoms with Crippen molar-refractivity contribution < 1.29 is 4.74 Å². The van der Waals surface area contributed by atoms with Crippen molar-refractivity contribution in [1.29, 1.82) is 0 Å². The molecule has 0 radical (unpaired) electrons. The monoisotopic (exact) mass is 250 g/mol. The van der Waals surface area contributed by atoms with Gasteiger partial charge in [-0.05, 0) is 11.6 Å². The Balaban J connectivity index is 1.97. The zero-order valence-electron chi connectivity index (χ0n) is 10.4. The maximum Gasteiger partial charge on any atom is 0.288 e. The molecule has 2 aromatic rings. The summed E-state index contributed by atoms with van der Waals surface area (Å²) >= 11 is 0. The second kappa shape index (κ2) is 4.98. The number of hydrogen-bond acceptors (Lipinski definition) is 3. The summed E-state index contributed by atoms with van der Waals surface area (Å²) < 4.78 is 5.51. The number of aliphatic imine (C=N–C) groups is 1. The summed E-state index contributed by atoms with van der Waals surface area (Å²) in [5.41, 5.74) is 7.88. The van der Waals surface area contributed by atoms with Crippen molar-refractivity contribution in [3.8, 4) is 0 Å². The molecule has 94 valence electrons. The van der Waals surface area contributed by atoms with Gasteiger partial charge in [0.05, 0.1) is 0 Å². The Bertz CT molecular complexity index is 618. The minimum atomic E-state index is -0.0924. The molecule has 3 heteroatoms. The van der Waals surface area contributed by atoms with E-state index < -0.39 is 0 Å². The molecule has 1 unspecified atom stereocenters. The van der Waals surface area contributed by atoms with Gasteiger partial charge < -0.3 is 10.5 Å². The molecule has 0 amide bonds. The van der Waals surface area contributed by atoms with Gasteiger partial charge in [-0.25, -0.2) is 4.99 Å². The van der Waals surface area contributed by atoms with Crippen LogP contribution < -0.4 is 5.73 Å². The molecule has 2 aromatic carbocycles. The molecule has 0 saturated heterocycles. The summed E-state index contributed by atoms with van der Waals surface area (Å²) in [4.78, 5) is 4.32. The van der Waals surface area contributed by atoms with Crippen LogP contribution in [0.5, 0.6) is 0 Å². The normalized spacial score (nSPS) is 18.2. The molecule has 1 aliphatic heterocycles. The van der Waals surface area contributed by atoms with Gasteiger partial charge in [0.2, 0.25) is 0 Å².